The zero-order chi connectivity index (χ0) is 26.1. The Hall–Kier alpha value is -3.29. The van der Waals surface area contributed by atoms with Crippen LogP contribution in [0.1, 0.15) is 76.1 Å². The molecule has 13 heteroatoms. The van der Waals surface area contributed by atoms with E-state index in [0.717, 1.165) is 42.8 Å². The Morgan fingerprint density at radius 2 is 2.00 bits per heavy atom. The Labute approximate surface area is 208 Å². The summed E-state index contributed by atoms with van der Waals surface area (Å²) in [5.74, 6) is -2.10. The van der Waals surface area contributed by atoms with Gasteiger partial charge in [-0.15, -0.1) is 0 Å². The highest BCUT2D eigenvalue weighted by molar-refractivity contribution is 5.84. The molecule has 36 heavy (non-hydrogen) atoms. The number of aromatic carboxylic acids is 1. The predicted octanol–water partition coefficient (Wildman–Crippen LogP) is 2.97. The zero-order valence-electron chi connectivity index (χ0n) is 20.8. The minimum absolute atomic E-state index is 0.125. The third-order valence-electron chi connectivity index (χ3n) is 5.19. The van der Waals surface area contributed by atoms with E-state index in [1.54, 1.807) is 6.33 Å². The fraction of sp³-hybridized carbons (Fsp3) is 0.609. The third-order valence-corrected chi connectivity index (χ3v) is 5.19. The van der Waals surface area contributed by atoms with Crippen molar-refractivity contribution < 1.29 is 34.1 Å². The van der Waals surface area contributed by atoms with Crippen LogP contribution in [0.2, 0.25) is 0 Å². The summed E-state index contributed by atoms with van der Waals surface area (Å²) in [7, 11) is 0. The van der Waals surface area contributed by atoms with Gasteiger partial charge >= 0.3 is 5.97 Å². The average Bonchev–Trinajstić information content (AvgIpc) is 3.55. The van der Waals surface area contributed by atoms with E-state index in [2.05, 4.69) is 36.9 Å². The average molecular weight is 507 g/mol. The molecule has 0 spiro atoms. The van der Waals surface area contributed by atoms with Crippen LogP contribution in [0, 0.1) is 0 Å². The Bertz CT molecular complexity index is 1100. The maximum atomic E-state index is 10.8. The van der Waals surface area contributed by atoms with Crippen molar-refractivity contribution in [3.63, 3.8) is 0 Å². The van der Waals surface area contributed by atoms with Gasteiger partial charge in [-0.2, -0.15) is 0 Å². The van der Waals surface area contributed by atoms with Crippen molar-refractivity contribution in [1.82, 2.24) is 24.7 Å². The number of hydrogen-bond donors (Lipinski definition) is 4. The lowest BCUT2D eigenvalue weighted by atomic mass is 10.2. The Balaban J connectivity index is 0.000000658. The van der Waals surface area contributed by atoms with Crippen LogP contribution in [-0.2, 0) is 4.74 Å². The van der Waals surface area contributed by atoms with E-state index in [1.807, 2.05) is 4.57 Å². The quantitative estimate of drug-likeness (QED) is 0.221. The molecule has 198 valence electrons. The molecule has 0 amide bonds. The lowest BCUT2D eigenvalue weighted by Crippen LogP contribution is -2.18. The molecule has 2 atom stereocenters. The summed E-state index contributed by atoms with van der Waals surface area (Å²) < 4.78 is 18.2. The molecule has 1 aliphatic heterocycles. The number of aliphatic hydroxyl groups is 2. The number of imidazole rings is 1. The van der Waals surface area contributed by atoms with Gasteiger partial charge < -0.3 is 34.6 Å². The van der Waals surface area contributed by atoms with Crippen LogP contribution in [0.4, 0.5) is 5.82 Å². The smallest absolute Gasteiger partial charge is 0.374 e. The van der Waals surface area contributed by atoms with Crippen LogP contribution in [0.15, 0.2) is 23.2 Å². The van der Waals surface area contributed by atoms with E-state index in [4.69, 9.17) is 24.8 Å². The Kier molecular flexibility index (Phi) is 9.56. The van der Waals surface area contributed by atoms with Crippen molar-refractivity contribution in [3.8, 4) is 5.88 Å². The van der Waals surface area contributed by atoms with E-state index in [9.17, 15) is 4.79 Å². The summed E-state index contributed by atoms with van der Waals surface area (Å²) in [6.45, 7) is 5.89. The molecule has 1 saturated heterocycles. The molecule has 0 bridgehead atoms. The molecule has 3 aromatic rings. The van der Waals surface area contributed by atoms with E-state index in [1.165, 1.54) is 45.5 Å². The number of hydrogen-bond acceptors (Lipinski definition) is 11. The lowest BCUT2D eigenvalue weighted by molar-refractivity contribution is -0.127. The Morgan fingerprint density at radius 3 is 2.69 bits per heavy atom. The molecule has 4 N–H and O–H groups in total. The molecule has 0 aromatic carbocycles. The Morgan fingerprint density at radius 1 is 1.22 bits per heavy atom. The second kappa shape index (κ2) is 12.6. The van der Waals surface area contributed by atoms with Gasteiger partial charge in [-0.3, -0.25) is 4.57 Å². The number of fused-ring (bicyclic) bond motifs is 1. The summed E-state index contributed by atoms with van der Waals surface area (Å²) in [5, 5.41) is 32.0. The van der Waals surface area contributed by atoms with Gasteiger partial charge in [0.15, 0.2) is 22.8 Å². The number of nitrogens with one attached hydrogen (secondary N) is 1. The minimum atomic E-state index is -1.50. The number of carbonyl (C=O) groups is 1. The van der Waals surface area contributed by atoms with Gasteiger partial charge in [-0.1, -0.05) is 26.2 Å². The van der Waals surface area contributed by atoms with Crippen LogP contribution in [-0.4, -0.2) is 71.0 Å². The second-order valence-corrected chi connectivity index (χ2v) is 8.96. The van der Waals surface area contributed by atoms with Crippen molar-refractivity contribution in [1.29, 1.82) is 0 Å². The summed E-state index contributed by atoms with van der Waals surface area (Å²) >= 11 is 0. The molecule has 3 aromatic heterocycles. The molecule has 0 aliphatic carbocycles. The van der Waals surface area contributed by atoms with Crippen LogP contribution in [0.3, 0.4) is 0 Å². The largest absolute Gasteiger partial charge is 0.475 e. The first-order valence-corrected chi connectivity index (χ1v) is 12.0. The number of anilines is 1. The molecule has 13 nitrogen and oxygen atoms in total. The summed E-state index contributed by atoms with van der Waals surface area (Å²) in [6, 6.07) is 1.24. The van der Waals surface area contributed by atoms with Gasteiger partial charge in [-0.25, -0.2) is 19.7 Å². The maximum absolute atomic E-state index is 10.8. The summed E-state index contributed by atoms with van der Waals surface area (Å²) in [5.41, 5.74) is 1.45. The number of aromatic nitrogens is 5. The van der Waals surface area contributed by atoms with Crippen molar-refractivity contribution in [2.75, 3.05) is 18.5 Å². The summed E-state index contributed by atoms with van der Waals surface area (Å²) in [4.78, 5) is 24.1. The van der Waals surface area contributed by atoms with Gasteiger partial charge in [0, 0.05) is 6.54 Å². The zero-order valence-corrected chi connectivity index (χ0v) is 20.8. The first kappa shape index (κ1) is 27.3. The maximum Gasteiger partial charge on any atom is 0.374 e. The van der Waals surface area contributed by atoms with Gasteiger partial charge in [0.2, 0.25) is 5.76 Å². The molecule has 4 heterocycles. The van der Waals surface area contributed by atoms with Crippen LogP contribution < -0.4 is 10.1 Å². The highest BCUT2D eigenvalue weighted by Crippen LogP contribution is 2.31. The van der Waals surface area contributed by atoms with Gasteiger partial charge in [-0.05, 0) is 38.3 Å². The second-order valence-electron chi connectivity index (χ2n) is 8.96. The van der Waals surface area contributed by atoms with E-state index < -0.39 is 11.8 Å². The molecule has 0 radical (unpaired) electrons. The van der Waals surface area contributed by atoms with E-state index in [-0.39, 0.29) is 30.6 Å². The lowest BCUT2D eigenvalue weighted by Gasteiger charge is -2.15. The molecular weight excluding hydrogens is 472 g/mol. The van der Waals surface area contributed by atoms with Crippen LogP contribution in [0.25, 0.3) is 11.2 Å². The summed E-state index contributed by atoms with van der Waals surface area (Å²) in [6.07, 6.45) is 9.17. The van der Waals surface area contributed by atoms with E-state index in [0.29, 0.717) is 0 Å². The standard InChI is InChI=1S/C20H26N6O5.C3H8O2/c1-2-3-4-5-8-21-18-17-19(23-11-22-18)26(12-24-17)16-7-6-13(30-16)10-29-15-9-14(20(27)28)31-25-15;1-3(2,4)5/h9,11-13,16H,2-8,10H2,1H3,(H,27,28)(H,21,22,23);4-5H,1-2H3. The molecule has 4 rings (SSSR count). The van der Waals surface area contributed by atoms with Crippen LogP contribution >= 0.6 is 0 Å². The predicted molar refractivity (Wildman–Crippen MR) is 129 cm³/mol. The fourth-order valence-electron chi connectivity index (χ4n) is 3.57. The minimum Gasteiger partial charge on any atom is -0.475 e. The number of rotatable bonds is 11. The highest BCUT2D eigenvalue weighted by atomic mass is 16.6. The number of ether oxygens (including phenoxy) is 2. The van der Waals surface area contributed by atoms with Crippen molar-refractivity contribution in [2.24, 2.45) is 0 Å². The van der Waals surface area contributed by atoms with Gasteiger partial charge in [0.1, 0.15) is 19.2 Å². The highest BCUT2D eigenvalue weighted by Gasteiger charge is 2.29. The van der Waals surface area contributed by atoms with Gasteiger partial charge in [0.25, 0.3) is 5.88 Å². The molecule has 1 aliphatic rings. The normalized spacial score (nSPS) is 17.6. The number of nitrogens with zero attached hydrogens (tertiary/aromatic N) is 5. The number of carboxylic acids is 1. The first-order valence-electron chi connectivity index (χ1n) is 12.0. The molecular formula is C23H34N6O7. The molecule has 1 fully saturated rings. The fourth-order valence-corrected chi connectivity index (χ4v) is 3.57. The molecule has 2 unspecified atom stereocenters. The molecule has 0 saturated carbocycles. The van der Waals surface area contributed by atoms with Gasteiger partial charge in [0.05, 0.1) is 18.5 Å². The van der Waals surface area contributed by atoms with Crippen molar-refractivity contribution in [2.45, 2.75) is 77.4 Å². The van der Waals surface area contributed by atoms with E-state index >= 15 is 0 Å². The SMILES string of the molecule is CC(C)(O)O.CCCCCCNc1ncnc2c1ncn2C1CCC(COc2cc(C(=O)O)on2)O1. The van der Waals surface area contributed by atoms with Crippen molar-refractivity contribution in [3.05, 3.63) is 24.5 Å². The number of carboxylic acid groups (broad SMARTS) is 1. The van der Waals surface area contributed by atoms with Crippen molar-refractivity contribution >= 4 is 23.0 Å². The van der Waals surface area contributed by atoms with Crippen LogP contribution in [0.5, 0.6) is 5.88 Å². The topological polar surface area (TPSA) is 178 Å². The number of unbranched alkanes of at least 4 members (excludes halogenated alkanes) is 3. The monoisotopic (exact) mass is 506 g/mol. The third kappa shape index (κ3) is 8.14. The first-order chi connectivity index (χ1) is 17.2.